The Morgan fingerprint density at radius 2 is 1.78 bits per heavy atom. The Morgan fingerprint density at radius 3 is 2.11 bits per heavy atom. The van der Waals surface area contributed by atoms with Gasteiger partial charge in [-0.25, -0.2) is 0 Å². The molecule has 0 spiro atoms. The van der Waals surface area contributed by atoms with E-state index < -0.39 is 19.2 Å². The van der Waals surface area contributed by atoms with E-state index in [0.717, 1.165) is 5.57 Å². The van der Waals surface area contributed by atoms with Gasteiger partial charge in [0, 0.05) is 0 Å². The maximum atomic E-state index is 12.4. The second-order valence-corrected chi connectivity index (χ2v) is 6.31. The van der Waals surface area contributed by atoms with E-state index in [0.29, 0.717) is 6.42 Å². The van der Waals surface area contributed by atoms with Crippen molar-refractivity contribution < 1.29 is 23.5 Å². The molecule has 106 valence electrons. The van der Waals surface area contributed by atoms with Gasteiger partial charge in [-0.15, -0.1) is 0 Å². The SMILES string of the molecule is CCOP(=O)(OCC)C(CCC=C(C)C)C(=O)O. The molecule has 0 aromatic heterocycles. The molecule has 0 aliphatic carbocycles. The summed E-state index contributed by atoms with van der Waals surface area (Å²) in [5.74, 6) is -1.14. The Labute approximate surface area is 109 Å². The number of allylic oxidation sites excluding steroid dienone is 2. The van der Waals surface area contributed by atoms with Gasteiger partial charge >= 0.3 is 13.6 Å². The van der Waals surface area contributed by atoms with Crippen molar-refractivity contribution in [3.8, 4) is 0 Å². The first-order valence-corrected chi connectivity index (χ1v) is 7.73. The first-order valence-electron chi connectivity index (χ1n) is 6.12. The molecule has 0 aromatic carbocycles. The van der Waals surface area contributed by atoms with Crippen LogP contribution in [0.25, 0.3) is 0 Å². The van der Waals surface area contributed by atoms with Crippen LogP contribution in [0.5, 0.6) is 0 Å². The zero-order valence-corrected chi connectivity index (χ0v) is 12.4. The smallest absolute Gasteiger partial charge is 0.344 e. The third-order valence-corrected chi connectivity index (χ3v) is 4.76. The van der Waals surface area contributed by atoms with E-state index in [1.54, 1.807) is 13.8 Å². The maximum Gasteiger partial charge on any atom is 0.344 e. The van der Waals surface area contributed by atoms with E-state index in [2.05, 4.69) is 0 Å². The topological polar surface area (TPSA) is 72.8 Å². The number of carboxylic acids is 1. The lowest BCUT2D eigenvalue weighted by Crippen LogP contribution is -2.23. The molecule has 0 bridgehead atoms. The molecule has 0 heterocycles. The fourth-order valence-corrected chi connectivity index (χ4v) is 3.41. The fourth-order valence-electron chi connectivity index (χ4n) is 1.52. The Morgan fingerprint density at radius 1 is 1.28 bits per heavy atom. The minimum atomic E-state index is -3.57. The standard InChI is InChI=1S/C12H23O5P/c1-5-16-18(15,17-6-2)11(12(13)14)9-7-8-10(3)4/h8,11H,5-7,9H2,1-4H3,(H,13,14). The summed E-state index contributed by atoms with van der Waals surface area (Å²) in [6, 6.07) is 0. The molecule has 1 unspecified atom stereocenters. The van der Waals surface area contributed by atoms with Crippen molar-refractivity contribution in [2.24, 2.45) is 0 Å². The molecular formula is C12H23O5P. The predicted molar refractivity (Wildman–Crippen MR) is 70.9 cm³/mol. The van der Waals surface area contributed by atoms with Crippen molar-refractivity contribution in [3.63, 3.8) is 0 Å². The van der Waals surface area contributed by atoms with Crippen LogP contribution < -0.4 is 0 Å². The van der Waals surface area contributed by atoms with Gasteiger partial charge < -0.3 is 14.2 Å². The first-order chi connectivity index (χ1) is 8.37. The van der Waals surface area contributed by atoms with Crippen molar-refractivity contribution in [3.05, 3.63) is 11.6 Å². The van der Waals surface area contributed by atoms with E-state index in [1.165, 1.54) is 0 Å². The zero-order chi connectivity index (χ0) is 14.2. The van der Waals surface area contributed by atoms with Gasteiger partial charge in [0.05, 0.1) is 13.2 Å². The van der Waals surface area contributed by atoms with E-state index in [9.17, 15) is 14.5 Å². The highest BCUT2D eigenvalue weighted by atomic mass is 31.2. The fraction of sp³-hybridized carbons (Fsp3) is 0.750. The highest BCUT2D eigenvalue weighted by Crippen LogP contribution is 2.54. The predicted octanol–water partition coefficient (Wildman–Crippen LogP) is 3.45. The van der Waals surface area contributed by atoms with Crippen molar-refractivity contribution >= 4 is 13.6 Å². The van der Waals surface area contributed by atoms with Gasteiger partial charge in [-0.05, 0) is 40.5 Å². The molecule has 0 saturated carbocycles. The van der Waals surface area contributed by atoms with E-state index >= 15 is 0 Å². The number of rotatable bonds is 9. The third kappa shape index (κ3) is 5.80. The maximum absolute atomic E-state index is 12.4. The molecule has 18 heavy (non-hydrogen) atoms. The van der Waals surface area contributed by atoms with Gasteiger partial charge in [-0.3, -0.25) is 9.36 Å². The lowest BCUT2D eigenvalue weighted by molar-refractivity contribution is -0.137. The second-order valence-electron chi connectivity index (χ2n) is 4.09. The lowest BCUT2D eigenvalue weighted by atomic mass is 10.2. The molecule has 0 aliphatic rings. The molecule has 0 radical (unpaired) electrons. The third-order valence-electron chi connectivity index (χ3n) is 2.28. The molecule has 0 saturated heterocycles. The summed E-state index contributed by atoms with van der Waals surface area (Å²) in [6.45, 7) is 7.54. The molecule has 0 aliphatic heterocycles. The normalized spacial score (nSPS) is 13.1. The highest BCUT2D eigenvalue weighted by Gasteiger charge is 2.40. The van der Waals surface area contributed by atoms with E-state index in [-0.39, 0.29) is 19.6 Å². The van der Waals surface area contributed by atoms with Gasteiger partial charge in [0.2, 0.25) is 0 Å². The molecule has 0 rings (SSSR count). The van der Waals surface area contributed by atoms with Crippen LogP contribution in [0, 0.1) is 0 Å². The molecular weight excluding hydrogens is 255 g/mol. The van der Waals surface area contributed by atoms with Crippen molar-refractivity contribution in [1.29, 1.82) is 0 Å². The minimum Gasteiger partial charge on any atom is -0.481 e. The highest BCUT2D eigenvalue weighted by molar-refractivity contribution is 7.55. The molecule has 5 nitrogen and oxygen atoms in total. The van der Waals surface area contributed by atoms with Crippen LogP contribution in [0.4, 0.5) is 0 Å². The summed E-state index contributed by atoms with van der Waals surface area (Å²) in [4.78, 5) is 11.2. The van der Waals surface area contributed by atoms with Gasteiger partial charge in [0.25, 0.3) is 0 Å². The Bertz CT molecular complexity index is 323. The van der Waals surface area contributed by atoms with Gasteiger partial charge in [0.1, 0.15) is 0 Å². The summed E-state index contributed by atoms with van der Waals surface area (Å²) >= 11 is 0. The van der Waals surface area contributed by atoms with Gasteiger partial charge in [-0.1, -0.05) is 11.6 Å². The zero-order valence-electron chi connectivity index (χ0n) is 11.5. The number of carboxylic acid groups (broad SMARTS) is 1. The molecule has 0 amide bonds. The van der Waals surface area contributed by atoms with Crippen LogP contribution >= 0.6 is 7.60 Å². The van der Waals surface area contributed by atoms with Crippen LogP contribution in [0.1, 0.15) is 40.5 Å². The van der Waals surface area contributed by atoms with E-state index in [1.807, 2.05) is 19.9 Å². The van der Waals surface area contributed by atoms with Crippen LogP contribution in [0.2, 0.25) is 0 Å². The van der Waals surface area contributed by atoms with Crippen LogP contribution in [-0.4, -0.2) is 29.9 Å². The molecule has 0 aromatic rings. The average Bonchev–Trinajstić information content (AvgIpc) is 2.23. The number of hydrogen-bond acceptors (Lipinski definition) is 4. The quantitative estimate of drug-likeness (QED) is 0.516. The van der Waals surface area contributed by atoms with Crippen molar-refractivity contribution in [1.82, 2.24) is 0 Å². The van der Waals surface area contributed by atoms with Crippen molar-refractivity contribution in [2.45, 2.75) is 46.2 Å². The Hall–Kier alpha value is -0.640. The summed E-state index contributed by atoms with van der Waals surface area (Å²) < 4.78 is 22.5. The minimum absolute atomic E-state index is 0.170. The molecule has 1 atom stereocenters. The number of hydrogen-bond donors (Lipinski definition) is 1. The first kappa shape index (κ1) is 17.4. The van der Waals surface area contributed by atoms with Crippen LogP contribution in [0.15, 0.2) is 11.6 Å². The molecule has 0 fully saturated rings. The summed E-state index contributed by atoms with van der Waals surface area (Å²) in [5, 5.41) is 9.17. The average molecular weight is 278 g/mol. The molecule has 6 heteroatoms. The lowest BCUT2D eigenvalue weighted by Gasteiger charge is -2.22. The summed E-state index contributed by atoms with van der Waals surface area (Å²) in [7, 11) is -3.57. The second kappa shape index (κ2) is 8.46. The summed E-state index contributed by atoms with van der Waals surface area (Å²) in [5.41, 5.74) is -0.00482. The largest absolute Gasteiger partial charge is 0.481 e. The van der Waals surface area contributed by atoms with Gasteiger partial charge in [-0.2, -0.15) is 0 Å². The van der Waals surface area contributed by atoms with Crippen LogP contribution in [0.3, 0.4) is 0 Å². The van der Waals surface area contributed by atoms with Gasteiger partial charge in [0.15, 0.2) is 5.66 Å². The van der Waals surface area contributed by atoms with E-state index in [4.69, 9.17) is 9.05 Å². The number of aliphatic carboxylic acids is 1. The van der Waals surface area contributed by atoms with Crippen LogP contribution in [-0.2, 0) is 18.4 Å². The van der Waals surface area contributed by atoms with Crippen molar-refractivity contribution in [2.75, 3.05) is 13.2 Å². The molecule has 1 N–H and O–H groups in total. The Kier molecular flexibility index (Phi) is 8.16. The summed E-state index contributed by atoms with van der Waals surface area (Å²) in [6.07, 6.45) is 2.71. The monoisotopic (exact) mass is 278 g/mol. The number of carbonyl (C=O) groups is 1. The Balaban J connectivity index is 4.87.